The third-order valence-electron chi connectivity index (χ3n) is 5.20. The van der Waals surface area contributed by atoms with Gasteiger partial charge in [0, 0.05) is 31.4 Å². The molecule has 2 aromatic heterocycles. The quantitative estimate of drug-likeness (QED) is 0.646. The maximum Gasteiger partial charge on any atom is 0.226 e. The number of nitrogens with zero attached hydrogens (tertiary/aromatic N) is 3. The number of nitrogens with one attached hydrogen (secondary N) is 1. The van der Waals surface area contributed by atoms with Crippen LogP contribution in [0.2, 0.25) is 0 Å². The summed E-state index contributed by atoms with van der Waals surface area (Å²) < 4.78 is 1.98. The smallest absolute Gasteiger partial charge is 0.226 e. The summed E-state index contributed by atoms with van der Waals surface area (Å²) in [7, 11) is 1.97. The number of imidazole rings is 1. The minimum absolute atomic E-state index is 0.0571. The molecular formula is C21H24N4OS. The van der Waals surface area contributed by atoms with E-state index in [0.717, 1.165) is 34.3 Å². The molecule has 6 heteroatoms. The Labute approximate surface area is 163 Å². The first-order chi connectivity index (χ1) is 13.2. The highest BCUT2D eigenvalue weighted by Gasteiger charge is 2.20. The second-order valence-electron chi connectivity index (χ2n) is 7.16. The second kappa shape index (κ2) is 8.05. The van der Waals surface area contributed by atoms with Crippen LogP contribution in [0.5, 0.6) is 0 Å². The maximum absolute atomic E-state index is 12.4. The molecule has 0 atom stereocenters. The highest BCUT2D eigenvalue weighted by atomic mass is 32.1. The van der Waals surface area contributed by atoms with E-state index in [-0.39, 0.29) is 5.91 Å². The number of carbonyl (C=O) groups excluding carboxylic acids is 1. The van der Waals surface area contributed by atoms with Gasteiger partial charge in [0.15, 0.2) is 11.0 Å². The summed E-state index contributed by atoms with van der Waals surface area (Å²) in [6.45, 7) is 0. The highest BCUT2D eigenvalue weighted by molar-refractivity contribution is 7.19. The van der Waals surface area contributed by atoms with Gasteiger partial charge in [0.1, 0.15) is 0 Å². The number of aryl methyl sites for hydroxylation is 1. The Morgan fingerprint density at radius 2 is 2.04 bits per heavy atom. The summed E-state index contributed by atoms with van der Waals surface area (Å²) in [5.41, 5.74) is 1.89. The van der Waals surface area contributed by atoms with Gasteiger partial charge >= 0.3 is 0 Å². The van der Waals surface area contributed by atoms with Crippen LogP contribution in [-0.4, -0.2) is 20.4 Å². The number of hydrogen-bond acceptors (Lipinski definition) is 4. The molecule has 0 bridgehead atoms. The molecule has 0 spiro atoms. The van der Waals surface area contributed by atoms with Gasteiger partial charge in [0.05, 0.1) is 10.6 Å². The largest absolute Gasteiger partial charge is 0.333 e. The van der Waals surface area contributed by atoms with Crippen LogP contribution in [-0.2, 0) is 11.8 Å². The van der Waals surface area contributed by atoms with E-state index >= 15 is 0 Å². The zero-order valence-corrected chi connectivity index (χ0v) is 16.3. The lowest BCUT2D eigenvalue weighted by atomic mass is 10.0. The van der Waals surface area contributed by atoms with Crippen LogP contribution in [0.25, 0.3) is 22.0 Å². The number of rotatable bonds is 6. The highest BCUT2D eigenvalue weighted by Crippen LogP contribution is 2.38. The molecule has 0 unspecified atom stereocenters. The van der Waals surface area contributed by atoms with Crippen molar-refractivity contribution in [2.24, 2.45) is 13.0 Å². The summed E-state index contributed by atoms with van der Waals surface area (Å²) in [5, 5.41) is 3.65. The number of benzene rings is 1. The molecule has 1 N–H and O–H groups in total. The monoisotopic (exact) mass is 380 g/mol. The molecule has 1 aliphatic carbocycles. The Morgan fingerprint density at radius 1 is 1.26 bits per heavy atom. The molecule has 2 heterocycles. The molecule has 1 fully saturated rings. The summed E-state index contributed by atoms with van der Waals surface area (Å²) in [6.07, 6.45) is 10.4. The van der Waals surface area contributed by atoms with Crippen LogP contribution in [0.4, 0.5) is 5.13 Å². The number of thiazole rings is 1. The molecule has 1 amide bonds. The van der Waals surface area contributed by atoms with Crippen molar-refractivity contribution in [1.82, 2.24) is 14.5 Å². The van der Waals surface area contributed by atoms with Crippen molar-refractivity contribution in [3.8, 4) is 22.0 Å². The number of anilines is 1. The fourth-order valence-electron chi connectivity index (χ4n) is 3.72. The van der Waals surface area contributed by atoms with Gasteiger partial charge in [-0.15, -0.1) is 0 Å². The van der Waals surface area contributed by atoms with Crippen LogP contribution in [0.1, 0.15) is 38.5 Å². The fraction of sp³-hybridized carbons (Fsp3) is 0.381. The van der Waals surface area contributed by atoms with E-state index in [9.17, 15) is 4.79 Å². The Balaban J connectivity index is 1.55. The van der Waals surface area contributed by atoms with Crippen molar-refractivity contribution in [2.45, 2.75) is 38.5 Å². The molecule has 140 valence electrons. The van der Waals surface area contributed by atoms with E-state index < -0.39 is 0 Å². The van der Waals surface area contributed by atoms with Crippen molar-refractivity contribution < 1.29 is 4.79 Å². The molecule has 27 heavy (non-hydrogen) atoms. The molecule has 1 aliphatic rings. The molecule has 0 aliphatic heterocycles. The van der Waals surface area contributed by atoms with Gasteiger partial charge in [-0.1, -0.05) is 67.4 Å². The van der Waals surface area contributed by atoms with Crippen molar-refractivity contribution in [1.29, 1.82) is 0 Å². The van der Waals surface area contributed by atoms with Gasteiger partial charge in [0.2, 0.25) is 5.91 Å². The van der Waals surface area contributed by atoms with E-state index in [2.05, 4.69) is 10.3 Å². The van der Waals surface area contributed by atoms with Crippen LogP contribution >= 0.6 is 11.3 Å². The molecular weight excluding hydrogens is 356 g/mol. The van der Waals surface area contributed by atoms with E-state index in [1.54, 1.807) is 6.20 Å². The molecule has 4 rings (SSSR count). The second-order valence-corrected chi connectivity index (χ2v) is 8.16. The third kappa shape index (κ3) is 4.11. The van der Waals surface area contributed by atoms with Gasteiger partial charge in [-0.25, -0.2) is 9.97 Å². The first-order valence-electron chi connectivity index (χ1n) is 9.54. The van der Waals surface area contributed by atoms with Gasteiger partial charge in [-0.3, -0.25) is 4.79 Å². The predicted molar refractivity (Wildman–Crippen MR) is 110 cm³/mol. The van der Waals surface area contributed by atoms with E-state index in [0.29, 0.717) is 11.6 Å². The number of carbonyl (C=O) groups is 1. The Hall–Kier alpha value is -2.47. The van der Waals surface area contributed by atoms with Gasteiger partial charge in [-0.2, -0.15) is 0 Å². The average Bonchev–Trinajstić information content (AvgIpc) is 3.41. The van der Waals surface area contributed by atoms with E-state index in [4.69, 9.17) is 4.98 Å². The van der Waals surface area contributed by atoms with Crippen molar-refractivity contribution in [3.63, 3.8) is 0 Å². The van der Waals surface area contributed by atoms with Gasteiger partial charge in [-0.05, 0) is 12.3 Å². The summed E-state index contributed by atoms with van der Waals surface area (Å²) in [4.78, 5) is 22.6. The first-order valence-corrected chi connectivity index (χ1v) is 10.4. The normalized spacial score (nSPS) is 14.6. The van der Waals surface area contributed by atoms with Crippen molar-refractivity contribution in [2.75, 3.05) is 5.32 Å². The lowest BCUT2D eigenvalue weighted by Gasteiger charge is -2.07. The minimum atomic E-state index is 0.0571. The lowest BCUT2D eigenvalue weighted by molar-refractivity contribution is -0.116. The zero-order valence-electron chi connectivity index (χ0n) is 15.5. The summed E-state index contributed by atoms with van der Waals surface area (Å²) >= 11 is 1.49. The summed E-state index contributed by atoms with van der Waals surface area (Å²) in [5.74, 6) is 1.63. The number of hydrogen-bond donors (Lipinski definition) is 1. The summed E-state index contributed by atoms with van der Waals surface area (Å²) in [6, 6.07) is 10.1. The zero-order chi connectivity index (χ0) is 18.6. The van der Waals surface area contributed by atoms with Crippen molar-refractivity contribution in [3.05, 3.63) is 42.7 Å². The molecule has 0 radical (unpaired) electrons. The lowest BCUT2D eigenvalue weighted by Crippen LogP contribution is -2.12. The average molecular weight is 381 g/mol. The Kier molecular flexibility index (Phi) is 5.34. The molecule has 1 aromatic carbocycles. The topological polar surface area (TPSA) is 59.8 Å². The number of amides is 1. The predicted octanol–water partition coefficient (Wildman–Crippen LogP) is 5.12. The standard InChI is InChI=1S/C21H24N4OS/c1-25-14-13-22-20(25)19-18(16-9-3-2-4-10-16)24-21(27-19)23-17(26)12-11-15-7-5-6-8-15/h2-4,9-10,13-15H,5-8,11-12H2,1H3,(H,23,24,26). The van der Waals surface area contributed by atoms with Crippen LogP contribution in [0.3, 0.4) is 0 Å². The minimum Gasteiger partial charge on any atom is -0.333 e. The Morgan fingerprint density at radius 3 is 2.74 bits per heavy atom. The molecule has 1 saturated carbocycles. The molecule has 3 aromatic rings. The number of aromatic nitrogens is 3. The van der Waals surface area contributed by atoms with E-state index in [1.807, 2.05) is 48.1 Å². The van der Waals surface area contributed by atoms with E-state index in [1.165, 1.54) is 37.0 Å². The van der Waals surface area contributed by atoms with Crippen LogP contribution in [0.15, 0.2) is 42.7 Å². The fourth-order valence-corrected chi connectivity index (χ4v) is 4.76. The maximum atomic E-state index is 12.4. The van der Waals surface area contributed by atoms with Gasteiger partial charge in [0.25, 0.3) is 0 Å². The molecule has 0 saturated heterocycles. The first kappa shape index (κ1) is 17.9. The molecule has 5 nitrogen and oxygen atoms in total. The third-order valence-corrected chi connectivity index (χ3v) is 6.17. The SMILES string of the molecule is Cn1ccnc1-c1sc(NC(=O)CCC2CCCC2)nc1-c1ccccc1. The van der Waals surface area contributed by atoms with Crippen LogP contribution < -0.4 is 5.32 Å². The van der Waals surface area contributed by atoms with Crippen molar-refractivity contribution >= 4 is 22.4 Å². The van der Waals surface area contributed by atoms with Gasteiger partial charge < -0.3 is 9.88 Å². The Bertz CT molecular complexity index is 909. The van der Waals surface area contributed by atoms with Crippen LogP contribution in [0, 0.1) is 5.92 Å².